The van der Waals surface area contributed by atoms with Crippen molar-refractivity contribution in [2.24, 2.45) is 5.41 Å². The smallest absolute Gasteiger partial charge is 0.162 e. The Hall–Kier alpha value is -2.58. The highest BCUT2D eigenvalue weighted by Gasteiger charge is 2.40. The molecule has 2 nitrogen and oxygen atoms in total. The maximum atomic E-state index is 13.3. The van der Waals surface area contributed by atoms with E-state index in [1.807, 2.05) is 24.3 Å². The number of hydrogen-bond donors (Lipinski definition) is 1. The minimum atomic E-state index is -0.161. The fourth-order valence-corrected chi connectivity index (χ4v) is 4.97. The van der Waals surface area contributed by atoms with Crippen molar-refractivity contribution >= 4 is 39.4 Å². The molecule has 0 saturated carbocycles. The number of carbonyl (C=O) groups is 1. The van der Waals surface area contributed by atoms with Crippen LogP contribution in [0.4, 0.5) is 5.69 Å². The number of Topliss-reactive ketones (excluding diaryl/α,β-unsaturated/α-hetero) is 1. The van der Waals surface area contributed by atoms with Gasteiger partial charge in [0.15, 0.2) is 5.78 Å². The van der Waals surface area contributed by atoms with Gasteiger partial charge in [-0.25, -0.2) is 0 Å². The molecule has 0 fully saturated rings. The summed E-state index contributed by atoms with van der Waals surface area (Å²) in [6, 6.07) is 20.4. The van der Waals surface area contributed by atoms with Crippen molar-refractivity contribution < 1.29 is 4.79 Å². The Morgan fingerprint density at radius 2 is 1.82 bits per heavy atom. The predicted octanol–water partition coefficient (Wildman–Crippen LogP) is 6.80. The van der Waals surface area contributed by atoms with Gasteiger partial charge in [-0.3, -0.25) is 4.79 Å². The summed E-state index contributed by atoms with van der Waals surface area (Å²) < 4.78 is 0. The van der Waals surface area contributed by atoms with Gasteiger partial charge in [0.2, 0.25) is 0 Å². The van der Waals surface area contributed by atoms with E-state index in [9.17, 15) is 4.79 Å². The number of carbonyl (C=O) groups excluding carboxylic acids is 1. The molecule has 3 aromatic rings. The van der Waals surface area contributed by atoms with Gasteiger partial charge in [0.05, 0.1) is 6.04 Å². The second-order valence-electron chi connectivity index (χ2n) is 8.67. The van der Waals surface area contributed by atoms with E-state index < -0.39 is 0 Å². The summed E-state index contributed by atoms with van der Waals surface area (Å²) in [4.78, 5) is 13.3. The van der Waals surface area contributed by atoms with Crippen LogP contribution in [0.25, 0.3) is 16.3 Å². The van der Waals surface area contributed by atoms with Gasteiger partial charge in [0, 0.05) is 28.3 Å². The van der Waals surface area contributed by atoms with Crippen molar-refractivity contribution in [3.8, 4) is 0 Å². The molecule has 0 unspecified atom stereocenters. The first-order chi connectivity index (χ1) is 13.4. The monoisotopic (exact) mass is 387 g/mol. The second kappa shape index (κ2) is 6.22. The van der Waals surface area contributed by atoms with Gasteiger partial charge in [-0.15, -0.1) is 0 Å². The van der Waals surface area contributed by atoms with E-state index in [4.69, 9.17) is 11.6 Å². The highest BCUT2D eigenvalue weighted by molar-refractivity contribution is 6.30. The number of allylic oxidation sites excluding steroid dienone is 1. The fraction of sp³-hybridized carbons (Fsp3) is 0.240. The van der Waals surface area contributed by atoms with Gasteiger partial charge < -0.3 is 5.32 Å². The molecular formula is C25H22ClNO. The number of benzene rings is 3. The standard InChI is InChI=1S/C25H22ClNO/c1-25(2)13-19-22-18-9-4-3-6-15(18)10-11-20(22)27-24(23(19)21(28)14-25)16-7-5-8-17(26)12-16/h3-12,24,27H,13-14H2,1-2H3/t24-/m1/s1. The third kappa shape index (κ3) is 2.75. The van der Waals surface area contributed by atoms with Crippen LogP contribution in [0.1, 0.15) is 43.9 Å². The first-order valence-corrected chi connectivity index (χ1v) is 10.1. The van der Waals surface area contributed by atoms with Crippen LogP contribution in [0.3, 0.4) is 0 Å². The van der Waals surface area contributed by atoms with Crippen molar-refractivity contribution in [3.63, 3.8) is 0 Å². The summed E-state index contributed by atoms with van der Waals surface area (Å²) in [5, 5.41) is 6.75. The number of fused-ring (bicyclic) bond motifs is 4. The van der Waals surface area contributed by atoms with E-state index in [2.05, 4.69) is 55.6 Å². The van der Waals surface area contributed by atoms with E-state index in [1.165, 1.54) is 21.9 Å². The van der Waals surface area contributed by atoms with Crippen LogP contribution < -0.4 is 5.32 Å². The zero-order valence-electron chi connectivity index (χ0n) is 16.1. The summed E-state index contributed by atoms with van der Waals surface area (Å²) in [5.74, 6) is 0.238. The lowest BCUT2D eigenvalue weighted by Crippen LogP contribution is -2.33. The van der Waals surface area contributed by atoms with Crippen molar-refractivity contribution in [2.75, 3.05) is 5.32 Å². The van der Waals surface area contributed by atoms with E-state index >= 15 is 0 Å². The summed E-state index contributed by atoms with van der Waals surface area (Å²) >= 11 is 6.27. The number of halogens is 1. The highest BCUT2D eigenvalue weighted by Crippen LogP contribution is 2.52. The molecule has 1 heterocycles. The number of anilines is 1. The van der Waals surface area contributed by atoms with Crippen molar-refractivity contribution in [1.29, 1.82) is 0 Å². The van der Waals surface area contributed by atoms with Crippen LogP contribution in [0.5, 0.6) is 0 Å². The van der Waals surface area contributed by atoms with Gasteiger partial charge in [0.25, 0.3) is 0 Å². The lowest BCUT2D eigenvalue weighted by atomic mass is 9.68. The first-order valence-electron chi connectivity index (χ1n) is 9.73. The molecule has 1 N–H and O–H groups in total. The number of hydrogen-bond acceptors (Lipinski definition) is 2. The molecule has 0 aromatic heterocycles. The van der Waals surface area contributed by atoms with Crippen molar-refractivity contribution in [1.82, 2.24) is 0 Å². The molecule has 1 aliphatic carbocycles. The summed E-state index contributed by atoms with van der Waals surface area (Å²) in [7, 11) is 0. The molecule has 140 valence electrons. The largest absolute Gasteiger partial charge is 0.373 e. The summed E-state index contributed by atoms with van der Waals surface area (Å²) in [6.45, 7) is 4.38. The average Bonchev–Trinajstić information content (AvgIpc) is 2.66. The fourth-order valence-electron chi connectivity index (χ4n) is 4.77. The molecule has 2 aliphatic rings. The zero-order valence-corrected chi connectivity index (χ0v) is 16.8. The Morgan fingerprint density at radius 3 is 2.64 bits per heavy atom. The Morgan fingerprint density at radius 1 is 1.00 bits per heavy atom. The second-order valence-corrected chi connectivity index (χ2v) is 9.11. The molecule has 0 amide bonds. The Balaban J connectivity index is 1.81. The van der Waals surface area contributed by atoms with Crippen molar-refractivity contribution in [2.45, 2.75) is 32.7 Å². The quantitative estimate of drug-likeness (QED) is 0.497. The first kappa shape index (κ1) is 17.5. The molecule has 5 rings (SSSR count). The third-order valence-corrected chi connectivity index (χ3v) is 6.16. The number of nitrogens with one attached hydrogen (secondary N) is 1. The Kier molecular flexibility index (Phi) is 3.89. The normalized spacial score (nSPS) is 20.5. The minimum Gasteiger partial charge on any atom is -0.373 e. The van der Waals surface area contributed by atoms with E-state index in [1.54, 1.807) is 0 Å². The van der Waals surface area contributed by atoms with E-state index in [0.29, 0.717) is 11.4 Å². The molecule has 0 spiro atoms. The van der Waals surface area contributed by atoms with Crippen LogP contribution in [-0.4, -0.2) is 5.78 Å². The molecule has 0 bridgehead atoms. The summed E-state index contributed by atoms with van der Waals surface area (Å²) in [6.07, 6.45) is 1.47. The van der Waals surface area contributed by atoms with Gasteiger partial charge in [-0.1, -0.05) is 67.9 Å². The lowest BCUT2D eigenvalue weighted by molar-refractivity contribution is -0.118. The molecule has 1 aliphatic heterocycles. The highest BCUT2D eigenvalue weighted by atomic mass is 35.5. The number of rotatable bonds is 1. The zero-order chi connectivity index (χ0) is 19.5. The van der Waals surface area contributed by atoms with Crippen LogP contribution in [-0.2, 0) is 4.79 Å². The van der Waals surface area contributed by atoms with Gasteiger partial charge in [0.1, 0.15) is 0 Å². The van der Waals surface area contributed by atoms with Gasteiger partial charge in [-0.05, 0) is 51.9 Å². The summed E-state index contributed by atoms with van der Waals surface area (Å²) in [5.41, 5.74) is 5.37. The van der Waals surface area contributed by atoms with E-state index in [-0.39, 0.29) is 17.2 Å². The van der Waals surface area contributed by atoms with Gasteiger partial charge >= 0.3 is 0 Å². The molecule has 3 aromatic carbocycles. The topological polar surface area (TPSA) is 29.1 Å². The van der Waals surface area contributed by atoms with Crippen LogP contribution in [0.15, 0.2) is 66.2 Å². The van der Waals surface area contributed by atoms with Gasteiger partial charge in [-0.2, -0.15) is 0 Å². The lowest BCUT2D eigenvalue weighted by Gasteiger charge is -2.40. The third-order valence-electron chi connectivity index (χ3n) is 5.92. The maximum absolute atomic E-state index is 13.3. The molecule has 1 atom stereocenters. The molecule has 28 heavy (non-hydrogen) atoms. The van der Waals surface area contributed by atoms with Crippen molar-refractivity contribution in [3.05, 3.63) is 82.4 Å². The Labute approximate surface area is 170 Å². The Bertz CT molecular complexity index is 1160. The molecular weight excluding hydrogens is 366 g/mol. The number of ketones is 1. The molecule has 3 heteroatoms. The predicted molar refractivity (Wildman–Crippen MR) is 117 cm³/mol. The average molecular weight is 388 g/mol. The van der Waals surface area contributed by atoms with Crippen LogP contribution in [0, 0.1) is 5.41 Å². The SMILES string of the molecule is CC1(C)CC(=O)C2=C(C1)c1c(ccc3ccccc13)N[C@@H]2c1cccc(Cl)c1. The maximum Gasteiger partial charge on any atom is 0.162 e. The minimum absolute atomic E-state index is 0.0413. The van der Waals surface area contributed by atoms with Crippen LogP contribution >= 0.6 is 11.6 Å². The molecule has 0 radical (unpaired) electrons. The van der Waals surface area contributed by atoms with Crippen LogP contribution in [0.2, 0.25) is 5.02 Å². The molecule has 0 saturated heterocycles. The van der Waals surface area contributed by atoms with E-state index in [0.717, 1.165) is 23.2 Å².